The van der Waals surface area contributed by atoms with E-state index >= 15 is 0 Å². The molecule has 4 aromatic carbocycles. The topological polar surface area (TPSA) is 55.8 Å². The van der Waals surface area contributed by atoms with Gasteiger partial charge in [-0.05, 0) is 88.7 Å². The Kier molecular flexibility index (Phi) is 10.1. The lowest BCUT2D eigenvalue weighted by molar-refractivity contribution is -0.138. The molecule has 0 spiro atoms. The van der Waals surface area contributed by atoms with E-state index in [4.69, 9.17) is 9.47 Å². The van der Waals surface area contributed by atoms with Crippen molar-refractivity contribution in [2.45, 2.75) is 46.0 Å². The van der Waals surface area contributed by atoms with Gasteiger partial charge in [0, 0.05) is 17.6 Å². The Morgan fingerprint density at radius 2 is 1.55 bits per heavy atom. The zero-order chi connectivity index (χ0) is 28.5. The minimum Gasteiger partial charge on any atom is -0.491 e. The van der Waals surface area contributed by atoms with Gasteiger partial charge in [-0.15, -0.1) is 0 Å². The minimum absolute atomic E-state index is 0.0918. The molecule has 0 unspecified atom stereocenters. The van der Waals surface area contributed by atoms with Crippen molar-refractivity contribution in [2.75, 3.05) is 19.8 Å². The highest BCUT2D eigenvalue weighted by atomic mass is 19.1. The predicted octanol–water partition coefficient (Wildman–Crippen LogP) is 8.08. The van der Waals surface area contributed by atoms with Crippen molar-refractivity contribution in [1.82, 2.24) is 0 Å². The highest BCUT2D eigenvalue weighted by Crippen LogP contribution is 2.32. The summed E-state index contributed by atoms with van der Waals surface area (Å²) in [7, 11) is 0. The number of aliphatic hydroxyl groups excluding tert-OH is 1. The molecule has 0 fully saturated rings. The highest BCUT2D eigenvalue weighted by Gasteiger charge is 2.11. The number of carbonyl (C=O) groups excluding carboxylic acids is 1. The number of esters is 1. The number of unbranched alkanes of at least 4 members (excludes halogenated alkanes) is 2. The summed E-state index contributed by atoms with van der Waals surface area (Å²) >= 11 is 0. The first kappa shape index (κ1) is 29.0. The number of aliphatic hydroxyl groups is 1. The number of carbonyl (C=O) groups is 1. The first-order chi connectivity index (χ1) is 19.4. The van der Waals surface area contributed by atoms with Gasteiger partial charge >= 0.3 is 5.97 Å². The first-order valence-electron chi connectivity index (χ1n) is 13.9. The average Bonchev–Trinajstić information content (AvgIpc) is 2.96. The lowest BCUT2D eigenvalue weighted by atomic mass is 9.95. The highest BCUT2D eigenvalue weighted by molar-refractivity contribution is 5.91. The fourth-order valence-electron chi connectivity index (χ4n) is 4.75. The lowest BCUT2D eigenvalue weighted by Crippen LogP contribution is -2.10. The van der Waals surface area contributed by atoms with Gasteiger partial charge in [0.1, 0.15) is 18.2 Å². The molecular weight excluding hydrogens is 503 g/mol. The van der Waals surface area contributed by atoms with Gasteiger partial charge in [0.2, 0.25) is 0 Å². The molecule has 4 aromatic rings. The zero-order valence-electron chi connectivity index (χ0n) is 23.3. The van der Waals surface area contributed by atoms with Crippen molar-refractivity contribution < 1.29 is 23.8 Å². The van der Waals surface area contributed by atoms with E-state index in [0.29, 0.717) is 23.3 Å². The normalized spacial score (nSPS) is 11.0. The van der Waals surface area contributed by atoms with Crippen LogP contribution in [0.2, 0.25) is 0 Å². The molecule has 40 heavy (non-hydrogen) atoms. The zero-order valence-corrected chi connectivity index (χ0v) is 23.3. The fourth-order valence-corrected chi connectivity index (χ4v) is 4.75. The Morgan fingerprint density at radius 3 is 2.25 bits per heavy atom. The summed E-state index contributed by atoms with van der Waals surface area (Å²) in [6, 6.07) is 23.7. The van der Waals surface area contributed by atoms with Crippen LogP contribution in [-0.4, -0.2) is 30.9 Å². The summed E-state index contributed by atoms with van der Waals surface area (Å²) in [6.45, 7) is 7.68. The molecule has 0 aliphatic heterocycles. The van der Waals surface area contributed by atoms with Crippen molar-refractivity contribution in [2.24, 2.45) is 0 Å². The molecule has 0 aliphatic rings. The third kappa shape index (κ3) is 7.36. The van der Waals surface area contributed by atoms with E-state index < -0.39 is 5.97 Å². The second-order valence-electron chi connectivity index (χ2n) is 10.1. The van der Waals surface area contributed by atoms with Gasteiger partial charge in [-0.1, -0.05) is 68.8 Å². The number of aryl methyl sites for hydroxylation is 1. The molecule has 0 saturated heterocycles. The van der Waals surface area contributed by atoms with Crippen molar-refractivity contribution in [3.8, 4) is 28.0 Å². The van der Waals surface area contributed by atoms with Crippen LogP contribution in [0.1, 0.15) is 44.2 Å². The summed E-state index contributed by atoms with van der Waals surface area (Å²) in [4.78, 5) is 11.8. The molecule has 0 saturated carbocycles. The maximum atomic E-state index is 15.0. The summed E-state index contributed by atoms with van der Waals surface area (Å²) in [5.41, 5.74) is 5.76. The van der Waals surface area contributed by atoms with Crippen molar-refractivity contribution >= 4 is 16.7 Å². The van der Waals surface area contributed by atoms with Crippen LogP contribution in [-0.2, 0) is 22.4 Å². The van der Waals surface area contributed by atoms with Crippen molar-refractivity contribution in [1.29, 1.82) is 0 Å². The van der Waals surface area contributed by atoms with Gasteiger partial charge in [-0.3, -0.25) is 0 Å². The second-order valence-corrected chi connectivity index (χ2v) is 10.1. The van der Waals surface area contributed by atoms with Crippen LogP contribution in [0, 0.1) is 5.82 Å². The maximum Gasteiger partial charge on any atom is 0.333 e. The quantitative estimate of drug-likeness (QED) is 0.106. The minimum atomic E-state index is -0.425. The van der Waals surface area contributed by atoms with Gasteiger partial charge < -0.3 is 14.6 Å². The maximum absolute atomic E-state index is 15.0. The van der Waals surface area contributed by atoms with Gasteiger partial charge in [0.15, 0.2) is 0 Å². The molecule has 0 amide bonds. The molecule has 4 rings (SSSR count). The first-order valence-corrected chi connectivity index (χ1v) is 13.9. The third-order valence-corrected chi connectivity index (χ3v) is 6.95. The van der Waals surface area contributed by atoms with Crippen LogP contribution in [0.5, 0.6) is 5.75 Å². The number of benzene rings is 4. The number of hydrogen-bond donors (Lipinski definition) is 1. The standard InChI is InChI=1S/C35H37FO4/c1-4-5-6-7-25-8-14-32(33(36)20-25)30-12-11-27-21-26(9-10-28(27)22-30)29-13-15-34(39-19-17-37)31(23-29)16-18-40-35(38)24(2)3/h8-15,20-23,37H,2,4-7,16-19H2,1,3H3. The predicted molar refractivity (Wildman–Crippen MR) is 160 cm³/mol. The van der Waals surface area contributed by atoms with Gasteiger partial charge in [0.25, 0.3) is 0 Å². The Labute approximate surface area is 236 Å². The van der Waals surface area contributed by atoms with Crippen LogP contribution in [0.25, 0.3) is 33.0 Å². The molecule has 1 N–H and O–H groups in total. The summed E-state index contributed by atoms with van der Waals surface area (Å²) < 4.78 is 26.0. The molecule has 0 bridgehead atoms. The van der Waals surface area contributed by atoms with E-state index in [1.165, 1.54) is 0 Å². The summed E-state index contributed by atoms with van der Waals surface area (Å²) in [6.07, 6.45) is 4.76. The Bertz CT molecular complexity index is 1490. The fraction of sp³-hybridized carbons (Fsp3) is 0.286. The number of ether oxygens (including phenoxy) is 2. The van der Waals surface area contributed by atoms with E-state index in [2.05, 4.69) is 25.6 Å². The number of halogens is 1. The molecule has 0 atom stereocenters. The van der Waals surface area contributed by atoms with Gasteiger partial charge in [-0.25, -0.2) is 9.18 Å². The Morgan fingerprint density at radius 1 is 0.850 bits per heavy atom. The lowest BCUT2D eigenvalue weighted by Gasteiger charge is -2.14. The SMILES string of the molecule is C=C(C)C(=O)OCCc1cc(-c2ccc3cc(-c4ccc(CCCCC)cc4F)ccc3c2)ccc1OCCO. The second kappa shape index (κ2) is 13.9. The van der Waals surface area contributed by atoms with Crippen LogP contribution >= 0.6 is 0 Å². The Balaban J connectivity index is 1.56. The molecule has 0 aromatic heterocycles. The summed E-state index contributed by atoms with van der Waals surface area (Å²) in [5, 5.41) is 11.3. The Hall–Kier alpha value is -3.96. The van der Waals surface area contributed by atoms with Crippen molar-refractivity contribution in [3.05, 3.63) is 102 Å². The van der Waals surface area contributed by atoms with Gasteiger partial charge in [-0.2, -0.15) is 0 Å². The third-order valence-electron chi connectivity index (χ3n) is 6.95. The largest absolute Gasteiger partial charge is 0.491 e. The summed E-state index contributed by atoms with van der Waals surface area (Å²) in [5.74, 6) is 0.0358. The number of rotatable bonds is 13. The van der Waals surface area contributed by atoms with Crippen LogP contribution in [0.3, 0.4) is 0 Å². The van der Waals surface area contributed by atoms with Crippen molar-refractivity contribution in [3.63, 3.8) is 0 Å². The van der Waals surface area contributed by atoms with E-state index in [-0.39, 0.29) is 25.6 Å². The van der Waals surface area contributed by atoms with Gasteiger partial charge in [0.05, 0.1) is 13.2 Å². The molecule has 208 valence electrons. The molecular formula is C35H37FO4. The van der Waals surface area contributed by atoms with E-state index in [1.807, 2.05) is 54.6 Å². The van der Waals surface area contributed by atoms with Crippen LogP contribution in [0.15, 0.2) is 84.9 Å². The molecule has 0 aliphatic carbocycles. The molecule has 0 radical (unpaired) electrons. The van der Waals surface area contributed by atoms with E-state index in [9.17, 15) is 14.3 Å². The molecule has 0 heterocycles. The number of hydrogen-bond acceptors (Lipinski definition) is 4. The van der Waals surface area contributed by atoms with Crippen LogP contribution in [0.4, 0.5) is 4.39 Å². The molecule has 5 heteroatoms. The number of fused-ring (bicyclic) bond motifs is 1. The average molecular weight is 541 g/mol. The van der Waals surface area contributed by atoms with E-state index in [0.717, 1.165) is 64.3 Å². The van der Waals surface area contributed by atoms with E-state index in [1.54, 1.807) is 13.0 Å². The monoisotopic (exact) mass is 540 g/mol. The van der Waals surface area contributed by atoms with Crippen LogP contribution < -0.4 is 4.74 Å². The molecule has 4 nitrogen and oxygen atoms in total. The smallest absolute Gasteiger partial charge is 0.333 e.